The fourth-order valence-electron chi connectivity index (χ4n) is 3.20. The molecule has 0 aliphatic carbocycles. The molecular weight excluding hydrogens is 316 g/mol. The Balaban J connectivity index is 1.56. The van der Waals surface area contributed by atoms with E-state index in [0.717, 1.165) is 13.1 Å². The number of aliphatic hydroxyl groups is 2. The molecule has 4 N–H and O–H groups in total. The van der Waals surface area contributed by atoms with Gasteiger partial charge >= 0.3 is 0 Å². The summed E-state index contributed by atoms with van der Waals surface area (Å²) in [5.74, 6) is 0.261. The molecule has 4 atom stereocenters. The average Bonchev–Trinajstić information content (AvgIpc) is 3.13. The highest BCUT2D eigenvalue weighted by Crippen LogP contribution is 2.32. The van der Waals surface area contributed by atoms with Gasteiger partial charge in [0.05, 0.1) is 19.5 Å². The van der Waals surface area contributed by atoms with Crippen molar-refractivity contribution in [3.8, 4) is 0 Å². The number of rotatable bonds is 3. The largest absolute Gasteiger partial charge is 0.387 e. The van der Waals surface area contributed by atoms with E-state index >= 15 is 0 Å². The van der Waals surface area contributed by atoms with Crippen molar-refractivity contribution in [1.82, 2.24) is 24.4 Å². The van der Waals surface area contributed by atoms with Crippen LogP contribution in [0.15, 0.2) is 12.7 Å². The van der Waals surface area contributed by atoms with E-state index in [0.29, 0.717) is 30.9 Å². The highest BCUT2D eigenvalue weighted by atomic mass is 16.6. The molecule has 10 heteroatoms. The first kappa shape index (κ1) is 15.7. The molecule has 2 aliphatic rings. The summed E-state index contributed by atoms with van der Waals surface area (Å²) in [7, 11) is 0. The minimum atomic E-state index is -1.08. The predicted molar refractivity (Wildman–Crippen MR) is 82.9 cm³/mol. The van der Waals surface area contributed by atoms with Crippen LogP contribution in [0.2, 0.25) is 0 Å². The Morgan fingerprint density at radius 3 is 2.75 bits per heavy atom. The van der Waals surface area contributed by atoms with Crippen molar-refractivity contribution in [1.29, 1.82) is 0 Å². The Morgan fingerprint density at radius 2 is 1.96 bits per heavy atom. The SMILES string of the molecule is Nc1ncnc2c1ncn2[C@@H]1O[C@H](CN2CCOCC2)[C@@H](O)[C@H]1O. The fourth-order valence-corrected chi connectivity index (χ4v) is 3.20. The van der Waals surface area contributed by atoms with Crippen molar-refractivity contribution in [2.45, 2.75) is 24.5 Å². The first-order valence-corrected chi connectivity index (χ1v) is 7.90. The fraction of sp³-hybridized carbons (Fsp3) is 0.643. The van der Waals surface area contributed by atoms with Gasteiger partial charge in [-0.05, 0) is 0 Å². The Morgan fingerprint density at radius 1 is 1.17 bits per heavy atom. The van der Waals surface area contributed by atoms with Crippen LogP contribution in [0.1, 0.15) is 6.23 Å². The van der Waals surface area contributed by atoms with Crippen LogP contribution >= 0.6 is 0 Å². The van der Waals surface area contributed by atoms with E-state index in [1.807, 2.05) is 0 Å². The van der Waals surface area contributed by atoms with E-state index in [9.17, 15) is 10.2 Å². The van der Waals surface area contributed by atoms with Crippen LogP contribution in [-0.4, -0.2) is 85.8 Å². The number of aromatic nitrogens is 4. The molecule has 2 aromatic rings. The van der Waals surface area contributed by atoms with Gasteiger partial charge in [-0.2, -0.15) is 0 Å². The van der Waals surface area contributed by atoms with Crippen LogP contribution in [0.3, 0.4) is 0 Å². The lowest BCUT2D eigenvalue weighted by atomic mass is 10.1. The lowest BCUT2D eigenvalue weighted by Gasteiger charge is -2.29. The third kappa shape index (κ3) is 2.62. The molecule has 0 unspecified atom stereocenters. The summed E-state index contributed by atoms with van der Waals surface area (Å²) in [5.41, 5.74) is 6.69. The molecule has 130 valence electrons. The number of nitrogens with two attached hydrogens (primary N) is 1. The van der Waals surface area contributed by atoms with Gasteiger partial charge in [-0.25, -0.2) is 15.0 Å². The molecule has 0 aromatic carbocycles. The molecule has 0 radical (unpaired) electrons. The molecule has 0 spiro atoms. The topological polar surface area (TPSA) is 132 Å². The number of aliphatic hydroxyl groups excluding tert-OH is 2. The lowest BCUT2D eigenvalue weighted by molar-refractivity contribution is -0.0549. The van der Waals surface area contributed by atoms with Crippen LogP contribution in [0, 0.1) is 0 Å². The summed E-state index contributed by atoms with van der Waals surface area (Å²) in [4.78, 5) is 14.4. The summed E-state index contributed by atoms with van der Waals surface area (Å²) in [6.45, 7) is 3.42. The van der Waals surface area contributed by atoms with Crippen LogP contribution < -0.4 is 5.73 Å². The summed E-state index contributed by atoms with van der Waals surface area (Å²) >= 11 is 0. The Bertz CT molecular complexity index is 718. The van der Waals surface area contributed by atoms with E-state index in [4.69, 9.17) is 15.2 Å². The molecule has 0 bridgehead atoms. The third-order valence-corrected chi connectivity index (χ3v) is 4.54. The molecule has 24 heavy (non-hydrogen) atoms. The Labute approximate surface area is 137 Å². The molecule has 2 aliphatic heterocycles. The number of hydrogen-bond acceptors (Lipinski definition) is 9. The van der Waals surface area contributed by atoms with Crippen LogP contribution in [0.5, 0.6) is 0 Å². The van der Waals surface area contributed by atoms with Crippen molar-refractivity contribution in [3.63, 3.8) is 0 Å². The van der Waals surface area contributed by atoms with Gasteiger partial charge in [0.25, 0.3) is 0 Å². The number of nitrogens with zero attached hydrogens (tertiary/aromatic N) is 5. The Kier molecular flexibility index (Phi) is 4.06. The number of hydrogen-bond donors (Lipinski definition) is 3. The molecule has 4 heterocycles. The first-order valence-electron chi connectivity index (χ1n) is 7.90. The maximum absolute atomic E-state index is 10.4. The predicted octanol–water partition coefficient (Wildman–Crippen LogP) is -1.64. The summed E-state index contributed by atoms with van der Waals surface area (Å²) < 4.78 is 12.8. The number of morpholine rings is 1. The molecule has 0 amide bonds. The minimum Gasteiger partial charge on any atom is -0.387 e. The van der Waals surface area contributed by atoms with Gasteiger partial charge in [0.15, 0.2) is 17.7 Å². The van der Waals surface area contributed by atoms with Crippen LogP contribution in [0.4, 0.5) is 5.82 Å². The Hall–Kier alpha value is -1.85. The highest BCUT2D eigenvalue weighted by Gasteiger charge is 2.44. The van der Waals surface area contributed by atoms with E-state index in [1.54, 1.807) is 4.57 Å². The monoisotopic (exact) mass is 336 g/mol. The molecule has 10 nitrogen and oxygen atoms in total. The van der Waals surface area contributed by atoms with Crippen molar-refractivity contribution >= 4 is 17.0 Å². The highest BCUT2D eigenvalue weighted by molar-refractivity contribution is 5.81. The molecular formula is C14H20N6O4. The number of ether oxygens (including phenoxy) is 2. The second kappa shape index (κ2) is 6.22. The maximum Gasteiger partial charge on any atom is 0.167 e. The van der Waals surface area contributed by atoms with Crippen molar-refractivity contribution < 1.29 is 19.7 Å². The van der Waals surface area contributed by atoms with E-state index in [2.05, 4.69) is 19.9 Å². The minimum absolute atomic E-state index is 0.261. The normalized spacial score (nSPS) is 31.8. The zero-order valence-electron chi connectivity index (χ0n) is 13.0. The number of nitrogen functional groups attached to an aromatic ring is 1. The first-order chi connectivity index (χ1) is 11.6. The van der Waals surface area contributed by atoms with Gasteiger partial charge in [0.2, 0.25) is 0 Å². The van der Waals surface area contributed by atoms with Crippen molar-refractivity contribution in [2.24, 2.45) is 0 Å². The van der Waals surface area contributed by atoms with Gasteiger partial charge in [-0.3, -0.25) is 9.47 Å². The number of fused-ring (bicyclic) bond motifs is 1. The number of anilines is 1. The van der Waals surface area contributed by atoms with Crippen LogP contribution in [0.25, 0.3) is 11.2 Å². The zero-order chi connectivity index (χ0) is 16.7. The molecule has 2 saturated heterocycles. The summed E-state index contributed by atoms with van der Waals surface area (Å²) in [5, 5.41) is 20.8. The quantitative estimate of drug-likeness (QED) is 0.603. The van der Waals surface area contributed by atoms with Gasteiger partial charge in [0.1, 0.15) is 30.2 Å². The molecule has 4 rings (SSSR count). The maximum atomic E-state index is 10.4. The second-order valence-electron chi connectivity index (χ2n) is 6.04. The molecule has 2 aromatic heterocycles. The lowest BCUT2D eigenvalue weighted by Crippen LogP contribution is -2.44. The molecule has 0 saturated carbocycles. The van der Waals surface area contributed by atoms with Crippen molar-refractivity contribution in [2.75, 3.05) is 38.6 Å². The van der Waals surface area contributed by atoms with E-state index < -0.39 is 24.5 Å². The van der Waals surface area contributed by atoms with Gasteiger partial charge in [-0.15, -0.1) is 0 Å². The average molecular weight is 336 g/mol. The third-order valence-electron chi connectivity index (χ3n) is 4.54. The number of imidazole rings is 1. The van der Waals surface area contributed by atoms with E-state index in [1.165, 1.54) is 12.7 Å². The summed E-state index contributed by atoms with van der Waals surface area (Å²) in [6, 6.07) is 0. The standard InChI is InChI=1S/C14H20N6O4/c15-12-9-13(17-6-16-12)20(7-18-9)14-11(22)10(21)8(24-14)5-19-1-3-23-4-2-19/h6-8,10-11,14,21-22H,1-5H2,(H2,15,16,17)/t8-,10-,11-,14-/m1/s1. The smallest absolute Gasteiger partial charge is 0.167 e. The van der Waals surface area contributed by atoms with Gasteiger partial charge in [0, 0.05) is 19.6 Å². The van der Waals surface area contributed by atoms with Crippen LogP contribution in [-0.2, 0) is 9.47 Å². The van der Waals surface area contributed by atoms with E-state index in [-0.39, 0.29) is 5.82 Å². The van der Waals surface area contributed by atoms with Gasteiger partial charge < -0.3 is 25.4 Å². The van der Waals surface area contributed by atoms with Crippen molar-refractivity contribution in [3.05, 3.63) is 12.7 Å². The zero-order valence-corrected chi connectivity index (χ0v) is 13.0. The van der Waals surface area contributed by atoms with Gasteiger partial charge in [-0.1, -0.05) is 0 Å². The summed E-state index contributed by atoms with van der Waals surface area (Å²) in [6.07, 6.45) is -0.518. The second-order valence-corrected chi connectivity index (χ2v) is 6.04. The molecule has 2 fully saturated rings.